The Morgan fingerprint density at radius 1 is 1.37 bits per heavy atom. The van der Waals surface area contributed by atoms with Gasteiger partial charge in [-0.3, -0.25) is 4.79 Å². The number of oxime groups is 1. The van der Waals surface area contributed by atoms with Gasteiger partial charge < -0.3 is 14.8 Å². The Hall–Kier alpha value is -1.88. The number of aliphatic hydroxyl groups excluding tert-OH is 1. The summed E-state index contributed by atoms with van der Waals surface area (Å²) in [5.41, 5.74) is 2.66. The Balaban J connectivity index is 1.63. The number of nitrogens with zero attached hydrogens (tertiary/aromatic N) is 2. The topological polar surface area (TPSA) is 62.1 Å². The van der Waals surface area contributed by atoms with Crippen molar-refractivity contribution < 1.29 is 14.7 Å². The summed E-state index contributed by atoms with van der Waals surface area (Å²) >= 11 is 0. The van der Waals surface area contributed by atoms with Crippen molar-refractivity contribution in [2.45, 2.75) is 25.6 Å². The van der Waals surface area contributed by atoms with E-state index >= 15 is 0 Å². The van der Waals surface area contributed by atoms with Gasteiger partial charge in [-0.2, -0.15) is 0 Å². The molecule has 5 heteroatoms. The molecular formula is C14H16N2O3. The standard InChI is InChI=1S/C14H16N2O3/c1-9-2-4-10(5-3-9)13-6-12(15-19-13)14(18)16-7-11(17)8-16/h2-5,11,13,17H,6-8H2,1H3/t13-/m1/s1. The van der Waals surface area contributed by atoms with Gasteiger partial charge in [0, 0.05) is 19.5 Å². The number of aryl methyl sites for hydroxylation is 1. The van der Waals surface area contributed by atoms with Crippen LogP contribution in [-0.2, 0) is 9.63 Å². The predicted molar refractivity (Wildman–Crippen MR) is 69.6 cm³/mol. The molecule has 0 aliphatic carbocycles. The van der Waals surface area contributed by atoms with Crippen molar-refractivity contribution in [2.24, 2.45) is 5.16 Å². The summed E-state index contributed by atoms with van der Waals surface area (Å²) in [4.78, 5) is 18.9. The minimum Gasteiger partial charge on any atom is -0.389 e. The first-order valence-corrected chi connectivity index (χ1v) is 6.40. The zero-order valence-corrected chi connectivity index (χ0v) is 10.7. The molecule has 100 valence electrons. The molecule has 2 heterocycles. The van der Waals surface area contributed by atoms with Gasteiger partial charge in [0.2, 0.25) is 0 Å². The van der Waals surface area contributed by atoms with Gasteiger partial charge in [0.15, 0.2) is 6.10 Å². The number of hydrogen-bond acceptors (Lipinski definition) is 4. The molecule has 5 nitrogen and oxygen atoms in total. The van der Waals surface area contributed by atoms with Gasteiger partial charge in [-0.15, -0.1) is 0 Å². The number of carbonyl (C=O) groups excluding carboxylic acids is 1. The number of β-amino-alcohol motifs (C(OH)–C–C–N with tert-alkyl or cyclic N) is 1. The maximum atomic E-state index is 12.0. The summed E-state index contributed by atoms with van der Waals surface area (Å²) < 4.78 is 0. The summed E-state index contributed by atoms with van der Waals surface area (Å²) in [6.45, 7) is 2.82. The van der Waals surface area contributed by atoms with Crippen molar-refractivity contribution in [3.63, 3.8) is 0 Å². The average Bonchev–Trinajstić information content (AvgIpc) is 2.85. The van der Waals surface area contributed by atoms with Gasteiger partial charge >= 0.3 is 0 Å². The van der Waals surface area contributed by atoms with Gasteiger partial charge in [-0.05, 0) is 12.5 Å². The number of likely N-dealkylation sites (tertiary alicyclic amines) is 1. The van der Waals surface area contributed by atoms with E-state index in [4.69, 9.17) is 4.84 Å². The van der Waals surface area contributed by atoms with Gasteiger partial charge in [0.1, 0.15) is 5.71 Å². The lowest BCUT2D eigenvalue weighted by Gasteiger charge is -2.35. The number of aliphatic hydroxyl groups is 1. The maximum Gasteiger partial charge on any atom is 0.271 e. The predicted octanol–water partition coefficient (Wildman–Crippen LogP) is 1.02. The maximum absolute atomic E-state index is 12.0. The summed E-state index contributed by atoms with van der Waals surface area (Å²) in [7, 11) is 0. The number of rotatable bonds is 2. The van der Waals surface area contributed by atoms with E-state index in [1.54, 1.807) is 4.90 Å². The van der Waals surface area contributed by atoms with E-state index in [1.807, 2.05) is 31.2 Å². The number of benzene rings is 1. The van der Waals surface area contributed by atoms with Crippen LogP contribution in [-0.4, -0.2) is 40.8 Å². The Labute approximate surface area is 111 Å². The lowest BCUT2D eigenvalue weighted by atomic mass is 10.0. The molecule has 0 aromatic heterocycles. The molecule has 1 aromatic rings. The van der Waals surface area contributed by atoms with Crippen molar-refractivity contribution in [1.82, 2.24) is 4.90 Å². The first-order chi connectivity index (χ1) is 9.13. The van der Waals surface area contributed by atoms with Gasteiger partial charge in [-0.1, -0.05) is 35.0 Å². The van der Waals surface area contributed by atoms with Crippen LogP contribution >= 0.6 is 0 Å². The lowest BCUT2D eigenvalue weighted by molar-refractivity contribution is -0.133. The fraction of sp³-hybridized carbons (Fsp3) is 0.429. The van der Waals surface area contributed by atoms with Crippen LogP contribution in [0.15, 0.2) is 29.4 Å². The van der Waals surface area contributed by atoms with E-state index in [0.29, 0.717) is 25.2 Å². The van der Waals surface area contributed by atoms with Crippen LogP contribution in [0.2, 0.25) is 0 Å². The van der Waals surface area contributed by atoms with Gasteiger partial charge in [-0.25, -0.2) is 0 Å². The average molecular weight is 260 g/mol. The molecule has 0 bridgehead atoms. The second-order valence-electron chi connectivity index (χ2n) is 5.11. The highest BCUT2D eigenvalue weighted by molar-refractivity contribution is 6.39. The van der Waals surface area contributed by atoms with Gasteiger partial charge in [0.05, 0.1) is 6.10 Å². The van der Waals surface area contributed by atoms with E-state index in [1.165, 1.54) is 5.56 Å². The molecule has 1 fully saturated rings. The van der Waals surface area contributed by atoms with Crippen molar-refractivity contribution in [2.75, 3.05) is 13.1 Å². The molecule has 19 heavy (non-hydrogen) atoms. The van der Waals surface area contributed by atoms with Crippen LogP contribution in [0.1, 0.15) is 23.7 Å². The fourth-order valence-corrected chi connectivity index (χ4v) is 2.27. The normalized spacial score (nSPS) is 22.7. The number of carbonyl (C=O) groups is 1. The zero-order chi connectivity index (χ0) is 13.4. The van der Waals surface area contributed by atoms with Crippen LogP contribution in [0, 0.1) is 6.92 Å². The van der Waals surface area contributed by atoms with E-state index in [0.717, 1.165) is 5.56 Å². The molecule has 2 aliphatic heterocycles. The third kappa shape index (κ3) is 2.33. The highest BCUT2D eigenvalue weighted by atomic mass is 16.6. The Morgan fingerprint density at radius 2 is 2.05 bits per heavy atom. The summed E-state index contributed by atoms with van der Waals surface area (Å²) in [5, 5.41) is 13.1. The Bertz CT molecular complexity index is 518. The third-order valence-corrected chi connectivity index (χ3v) is 3.51. The van der Waals surface area contributed by atoms with E-state index in [9.17, 15) is 9.90 Å². The van der Waals surface area contributed by atoms with E-state index in [2.05, 4.69) is 5.16 Å². The molecule has 1 aromatic carbocycles. The molecule has 0 radical (unpaired) electrons. The van der Waals surface area contributed by atoms with Crippen molar-refractivity contribution in [3.8, 4) is 0 Å². The Morgan fingerprint density at radius 3 is 2.68 bits per heavy atom. The SMILES string of the molecule is Cc1ccc([C@H]2CC(C(=O)N3CC(O)C3)=NO2)cc1. The van der Waals surface area contributed by atoms with Crippen LogP contribution in [0.3, 0.4) is 0 Å². The lowest BCUT2D eigenvalue weighted by Crippen LogP contribution is -2.55. The first-order valence-electron chi connectivity index (χ1n) is 6.40. The number of hydrogen-bond donors (Lipinski definition) is 1. The molecule has 1 saturated heterocycles. The highest BCUT2D eigenvalue weighted by Gasteiger charge is 2.35. The minimum absolute atomic E-state index is 0.125. The summed E-state index contributed by atoms with van der Waals surface area (Å²) in [6.07, 6.45) is -0.0698. The third-order valence-electron chi connectivity index (χ3n) is 3.51. The summed E-state index contributed by atoms with van der Waals surface area (Å²) in [6, 6.07) is 8.03. The molecular weight excluding hydrogens is 244 g/mol. The van der Waals surface area contributed by atoms with Crippen molar-refractivity contribution >= 4 is 11.6 Å². The highest BCUT2D eigenvalue weighted by Crippen LogP contribution is 2.28. The largest absolute Gasteiger partial charge is 0.389 e. The molecule has 0 saturated carbocycles. The van der Waals surface area contributed by atoms with Crippen LogP contribution in [0.5, 0.6) is 0 Å². The molecule has 3 rings (SSSR count). The fourth-order valence-electron chi connectivity index (χ4n) is 2.27. The summed E-state index contributed by atoms with van der Waals surface area (Å²) in [5.74, 6) is -0.125. The van der Waals surface area contributed by atoms with Gasteiger partial charge in [0.25, 0.3) is 5.91 Å². The smallest absolute Gasteiger partial charge is 0.271 e. The first kappa shape index (κ1) is 12.2. The van der Waals surface area contributed by atoms with Crippen molar-refractivity contribution in [3.05, 3.63) is 35.4 Å². The molecule has 1 N–H and O–H groups in total. The molecule has 1 amide bonds. The monoisotopic (exact) mass is 260 g/mol. The Kier molecular flexibility index (Phi) is 2.98. The second-order valence-corrected chi connectivity index (χ2v) is 5.11. The zero-order valence-electron chi connectivity index (χ0n) is 10.7. The van der Waals surface area contributed by atoms with E-state index < -0.39 is 0 Å². The quantitative estimate of drug-likeness (QED) is 0.863. The van der Waals surface area contributed by atoms with Crippen LogP contribution in [0.4, 0.5) is 0 Å². The van der Waals surface area contributed by atoms with Crippen molar-refractivity contribution in [1.29, 1.82) is 0 Å². The molecule has 1 atom stereocenters. The molecule has 2 aliphatic rings. The molecule has 0 spiro atoms. The second kappa shape index (κ2) is 4.66. The van der Waals surface area contributed by atoms with Crippen LogP contribution in [0.25, 0.3) is 0 Å². The van der Waals surface area contributed by atoms with E-state index in [-0.39, 0.29) is 18.1 Å². The minimum atomic E-state index is -0.389. The number of amides is 1. The molecule has 0 unspecified atom stereocenters. The van der Waals surface area contributed by atoms with Crippen LogP contribution < -0.4 is 0 Å².